The van der Waals surface area contributed by atoms with Crippen molar-refractivity contribution in [2.75, 3.05) is 17.7 Å². The van der Waals surface area contributed by atoms with E-state index in [1.807, 2.05) is 27.7 Å². The van der Waals surface area contributed by atoms with E-state index in [9.17, 15) is 14.4 Å². The zero-order valence-electron chi connectivity index (χ0n) is 17.7. The van der Waals surface area contributed by atoms with Crippen molar-refractivity contribution in [3.8, 4) is 5.75 Å². The molecule has 3 amide bonds. The monoisotopic (exact) mass is 433 g/mol. The quantitative estimate of drug-likeness (QED) is 0.611. The van der Waals surface area contributed by atoms with Crippen LogP contribution in [-0.2, 0) is 4.79 Å². The normalized spacial score (nSPS) is 12.2. The maximum absolute atomic E-state index is 13.5. The Morgan fingerprint density at radius 1 is 1.23 bits per heavy atom. The number of ether oxygens (including phenoxy) is 1. The highest BCUT2D eigenvalue weighted by Gasteiger charge is 2.35. The number of carbonyl (C=O) groups excluding carboxylic acids is 3. The average Bonchev–Trinajstić information content (AvgIpc) is 3.05. The van der Waals surface area contributed by atoms with E-state index in [0.717, 1.165) is 11.5 Å². The van der Waals surface area contributed by atoms with Gasteiger partial charge in [0.2, 0.25) is 5.91 Å². The van der Waals surface area contributed by atoms with Gasteiger partial charge in [-0.05, 0) is 63.0 Å². The minimum absolute atomic E-state index is 0.0432. The van der Waals surface area contributed by atoms with Crippen molar-refractivity contribution in [1.82, 2.24) is 9.69 Å². The number of aromatic nitrogens is 1. The molecule has 9 nitrogen and oxygen atoms in total. The number of amides is 3. The number of nitrogens with two attached hydrogens (primary N) is 2. The summed E-state index contributed by atoms with van der Waals surface area (Å²) in [6.07, 6.45) is 0.348. The van der Waals surface area contributed by atoms with Gasteiger partial charge < -0.3 is 21.5 Å². The zero-order chi connectivity index (χ0) is 22.6. The third-order valence-electron chi connectivity index (χ3n) is 4.22. The first kappa shape index (κ1) is 23.1. The third-order valence-corrected chi connectivity index (χ3v) is 5.08. The van der Waals surface area contributed by atoms with Crippen LogP contribution in [0.5, 0.6) is 5.75 Å². The fourth-order valence-electron chi connectivity index (χ4n) is 2.86. The number of hydrogen-bond acceptors (Lipinski definition) is 7. The number of nitrogens with one attached hydrogen (secondary N) is 1. The second-order valence-corrected chi connectivity index (χ2v) is 8.45. The summed E-state index contributed by atoms with van der Waals surface area (Å²) >= 11 is 0.773. The van der Waals surface area contributed by atoms with E-state index in [0.29, 0.717) is 17.9 Å². The molecule has 1 aromatic heterocycles. The van der Waals surface area contributed by atoms with E-state index < -0.39 is 23.4 Å². The van der Waals surface area contributed by atoms with Gasteiger partial charge in [-0.25, -0.2) is 0 Å². The second-order valence-electron chi connectivity index (χ2n) is 7.67. The first-order chi connectivity index (χ1) is 14.0. The molecular formula is C20H27N5O4S. The summed E-state index contributed by atoms with van der Waals surface area (Å²) in [4.78, 5) is 39.4. The van der Waals surface area contributed by atoms with Crippen LogP contribution in [0.25, 0.3) is 0 Å². The number of rotatable bonds is 7. The van der Waals surface area contributed by atoms with Gasteiger partial charge in [0, 0.05) is 11.2 Å². The zero-order valence-corrected chi connectivity index (χ0v) is 18.5. The number of carbonyl (C=O) groups is 3. The topological polar surface area (TPSA) is 141 Å². The molecule has 0 aliphatic carbocycles. The van der Waals surface area contributed by atoms with Gasteiger partial charge in [-0.3, -0.25) is 19.3 Å². The number of methoxy groups -OCH3 is 1. The van der Waals surface area contributed by atoms with E-state index in [4.69, 9.17) is 16.2 Å². The Bertz CT molecular complexity index is 934. The standard InChI is InChI=1S/C20H27N5O4S/c1-6-13(18(27)23-20(2,3)4)25(11-7-9-12(29-5)10-8-11)19(28)16-14(21)15(17(22)26)24-30-16/h7-10,13H,6,21H2,1-5H3,(H2,22,26)(H,23,27). The fourth-order valence-corrected chi connectivity index (χ4v) is 3.60. The van der Waals surface area contributed by atoms with Gasteiger partial charge in [-0.1, -0.05) is 6.92 Å². The van der Waals surface area contributed by atoms with E-state index in [1.54, 1.807) is 24.3 Å². The van der Waals surface area contributed by atoms with Crippen molar-refractivity contribution in [3.05, 3.63) is 34.8 Å². The van der Waals surface area contributed by atoms with Crippen LogP contribution in [0.3, 0.4) is 0 Å². The van der Waals surface area contributed by atoms with Gasteiger partial charge in [0.25, 0.3) is 11.8 Å². The maximum atomic E-state index is 13.5. The van der Waals surface area contributed by atoms with Crippen LogP contribution in [0.1, 0.15) is 54.3 Å². The molecule has 5 N–H and O–H groups in total. The maximum Gasteiger partial charge on any atom is 0.272 e. The molecule has 0 saturated heterocycles. The van der Waals surface area contributed by atoms with Gasteiger partial charge >= 0.3 is 0 Å². The van der Waals surface area contributed by atoms with E-state index in [1.165, 1.54) is 12.0 Å². The lowest BCUT2D eigenvalue weighted by molar-refractivity contribution is -0.123. The Morgan fingerprint density at radius 2 is 1.83 bits per heavy atom. The fraction of sp³-hybridized carbons (Fsp3) is 0.400. The first-order valence-corrected chi connectivity index (χ1v) is 10.1. The van der Waals surface area contributed by atoms with Gasteiger partial charge in [-0.2, -0.15) is 4.37 Å². The first-order valence-electron chi connectivity index (χ1n) is 9.34. The van der Waals surface area contributed by atoms with Crippen LogP contribution in [0, 0.1) is 0 Å². The van der Waals surface area contributed by atoms with Crippen LogP contribution in [0.2, 0.25) is 0 Å². The molecule has 1 heterocycles. The Morgan fingerprint density at radius 3 is 2.27 bits per heavy atom. The number of anilines is 2. The van der Waals surface area contributed by atoms with Gasteiger partial charge in [0.05, 0.1) is 12.8 Å². The SMILES string of the molecule is CCC(C(=O)NC(C)(C)C)N(C(=O)c1snc(C(N)=O)c1N)c1ccc(OC)cc1. The van der Waals surface area contributed by atoms with Gasteiger partial charge in [0.1, 0.15) is 16.7 Å². The Labute approximate surface area is 179 Å². The van der Waals surface area contributed by atoms with Crippen molar-refractivity contribution in [2.24, 2.45) is 5.73 Å². The summed E-state index contributed by atoms with van der Waals surface area (Å²) in [5.41, 5.74) is 11.0. The molecule has 0 radical (unpaired) electrons. The molecule has 2 aromatic rings. The highest BCUT2D eigenvalue weighted by molar-refractivity contribution is 7.09. The largest absolute Gasteiger partial charge is 0.497 e. The highest BCUT2D eigenvalue weighted by atomic mass is 32.1. The molecule has 0 fully saturated rings. The van der Waals surface area contributed by atoms with Crippen molar-refractivity contribution < 1.29 is 19.1 Å². The molecule has 10 heteroatoms. The smallest absolute Gasteiger partial charge is 0.272 e. The second kappa shape index (κ2) is 9.12. The van der Waals surface area contributed by atoms with Crippen LogP contribution in [0.15, 0.2) is 24.3 Å². The summed E-state index contributed by atoms with van der Waals surface area (Å²) in [5.74, 6) is -1.08. The number of nitrogens with zero attached hydrogens (tertiary/aromatic N) is 2. The lowest BCUT2D eigenvalue weighted by Gasteiger charge is -2.32. The van der Waals surface area contributed by atoms with Crippen molar-refractivity contribution in [1.29, 1.82) is 0 Å². The number of nitrogen functional groups attached to an aromatic ring is 1. The van der Waals surface area contributed by atoms with Crippen LogP contribution < -0.4 is 26.4 Å². The van der Waals surface area contributed by atoms with Crippen molar-refractivity contribution in [3.63, 3.8) is 0 Å². The minimum atomic E-state index is -0.823. The molecule has 0 saturated carbocycles. The van der Waals surface area contributed by atoms with Gasteiger partial charge in [-0.15, -0.1) is 0 Å². The van der Waals surface area contributed by atoms with Crippen LogP contribution >= 0.6 is 11.5 Å². The number of benzene rings is 1. The molecule has 0 aliphatic heterocycles. The Balaban J connectivity index is 2.55. The molecule has 1 unspecified atom stereocenters. The van der Waals surface area contributed by atoms with Crippen LogP contribution in [0.4, 0.5) is 11.4 Å². The van der Waals surface area contributed by atoms with Crippen LogP contribution in [-0.4, -0.2) is 40.8 Å². The lowest BCUT2D eigenvalue weighted by Crippen LogP contribution is -2.54. The van der Waals surface area contributed by atoms with E-state index in [-0.39, 0.29) is 22.2 Å². The van der Waals surface area contributed by atoms with Gasteiger partial charge in [0.15, 0.2) is 5.69 Å². The van der Waals surface area contributed by atoms with E-state index >= 15 is 0 Å². The molecule has 162 valence electrons. The third kappa shape index (κ3) is 5.07. The Kier molecular flexibility index (Phi) is 7.04. The molecule has 30 heavy (non-hydrogen) atoms. The predicted octanol–water partition coefficient (Wildman–Crippen LogP) is 2.17. The highest BCUT2D eigenvalue weighted by Crippen LogP contribution is 2.29. The summed E-state index contributed by atoms with van der Waals surface area (Å²) in [7, 11) is 1.53. The number of primary amides is 1. The summed E-state index contributed by atoms with van der Waals surface area (Å²) < 4.78 is 9.08. The predicted molar refractivity (Wildman–Crippen MR) is 117 cm³/mol. The molecule has 1 atom stereocenters. The minimum Gasteiger partial charge on any atom is -0.497 e. The van der Waals surface area contributed by atoms with Crippen molar-refractivity contribution >= 4 is 40.6 Å². The summed E-state index contributed by atoms with van der Waals surface area (Å²) in [6, 6.07) is 5.92. The molecule has 2 rings (SSSR count). The van der Waals surface area contributed by atoms with Crippen molar-refractivity contribution in [2.45, 2.75) is 45.7 Å². The molecular weight excluding hydrogens is 406 g/mol. The lowest BCUT2D eigenvalue weighted by atomic mass is 10.1. The molecule has 0 bridgehead atoms. The van der Waals surface area contributed by atoms with E-state index in [2.05, 4.69) is 9.69 Å². The summed E-state index contributed by atoms with van der Waals surface area (Å²) in [6.45, 7) is 7.38. The average molecular weight is 434 g/mol. The molecule has 0 spiro atoms. The molecule has 1 aromatic carbocycles. The molecule has 0 aliphatic rings. The number of hydrogen-bond donors (Lipinski definition) is 3. The summed E-state index contributed by atoms with van der Waals surface area (Å²) in [5, 5.41) is 2.91. The Hall–Kier alpha value is -3.14.